The molecule has 0 saturated heterocycles. The van der Waals surface area contributed by atoms with Crippen LogP contribution in [0, 0.1) is 0 Å². The lowest BCUT2D eigenvalue weighted by Crippen LogP contribution is -2.45. The number of carbonyl (C=O) groups excluding carboxylic acids is 2. The van der Waals surface area contributed by atoms with Crippen molar-refractivity contribution in [2.24, 2.45) is 0 Å². The van der Waals surface area contributed by atoms with E-state index in [1.165, 1.54) is 289 Å². The van der Waals surface area contributed by atoms with Crippen molar-refractivity contribution in [3.63, 3.8) is 0 Å². The molecule has 6 nitrogen and oxygen atoms in total. The Labute approximate surface area is 480 Å². The molecule has 0 rings (SSSR count). The maximum Gasteiger partial charge on any atom is 0.305 e. The lowest BCUT2D eigenvalue weighted by atomic mass is 10.0. The number of ether oxygens (including phenoxy) is 1. The van der Waals surface area contributed by atoms with Gasteiger partial charge in [0, 0.05) is 12.8 Å². The van der Waals surface area contributed by atoms with Crippen LogP contribution >= 0.6 is 0 Å². The van der Waals surface area contributed by atoms with Crippen molar-refractivity contribution < 1.29 is 24.5 Å². The van der Waals surface area contributed by atoms with Crippen LogP contribution in [0.2, 0.25) is 0 Å². The first-order valence-corrected chi connectivity index (χ1v) is 34.4. The molecule has 0 bridgehead atoms. The molecule has 77 heavy (non-hydrogen) atoms. The van der Waals surface area contributed by atoms with E-state index < -0.39 is 12.1 Å². The summed E-state index contributed by atoms with van der Waals surface area (Å²) in [4.78, 5) is 24.6. The van der Waals surface area contributed by atoms with Crippen LogP contribution in [0.4, 0.5) is 0 Å². The van der Waals surface area contributed by atoms with Gasteiger partial charge < -0.3 is 20.3 Å². The number of hydrogen-bond acceptors (Lipinski definition) is 5. The second-order valence-electron chi connectivity index (χ2n) is 23.5. The topological polar surface area (TPSA) is 95.9 Å². The summed E-state index contributed by atoms with van der Waals surface area (Å²) in [6.45, 7) is 4.91. The van der Waals surface area contributed by atoms with Gasteiger partial charge in [-0.3, -0.25) is 9.59 Å². The van der Waals surface area contributed by atoms with Crippen LogP contribution < -0.4 is 5.32 Å². The average molecular weight is 1080 g/mol. The van der Waals surface area contributed by atoms with Gasteiger partial charge in [-0.15, -0.1) is 0 Å². The molecule has 0 aromatic heterocycles. The number of allylic oxidation sites excluding steroid dienone is 7. The van der Waals surface area contributed by atoms with Crippen LogP contribution in [0.3, 0.4) is 0 Å². The van der Waals surface area contributed by atoms with E-state index in [1.54, 1.807) is 6.08 Å². The minimum Gasteiger partial charge on any atom is -0.466 e. The van der Waals surface area contributed by atoms with E-state index in [0.717, 1.165) is 51.4 Å². The summed E-state index contributed by atoms with van der Waals surface area (Å²) >= 11 is 0. The highest BCUT2D eigenvalue weighted by Crippen LogP contribution is 2.17. The Morgan fingerprint density at radius 2 is 0.649 bits per heavy atom. The van der Waals surface area contributed by atoms with Crippen molar-refractivity contribution >= 4 is 11.9 Å². The number of aliphatic hydroxyl groups excluding tert-OH is 2. The molecular formula is C71H133NO5. The van der Waals surface area contributed by atoms with Crippen molar-refractivity contribution in [3.8, 4) is 0 Å². The van der Waals surface area contributed by atoms with Gasteiger partial charge in [-0.25, -0.2) is 0 Å². The summed E-state index contributed by atoms with van der Waals surface area (Å²) in [5.41, 5.74) is 0. The number of carbonyl (C=O) groups is 2. The predicted molar refractivity (Wildman–Crippen MR) is 338 cm³/mol. The van der Waals surface area contributed by atoms with E-state index in [-0.39, 0.29) is 18.5 Å². The van der Waals surface area contributed by atoms with E-state index in [1.807, 2.05) is 6.08 Å². The van der Waals surface area contributed by atoms with Crippen molar-refractivity contribution in [1.82, 2.24) is 5.32 Å². The van der Waals surface area contributed by atoms with E-state index in [0.29, 0.717) is 19.4 Å². The van der Waals surface area contributed by atoms with E-state index in [2.05, 4.69) is 55.6 Å². The number of esters is 1. The molecule has 1 amide bonds. The Bertz CT molecular complexity index is 1290. The minimum atomic E-state index is -0.845. The van der Waals surface area contributed by atoms with Gasteiger partial charge in [0.2, 0.25) is 5.91 Å². The van der Waals surface area contributed by atoms with Crippen LogP contribution in [0.25, 0.3) is 0 Å². The fourth-order valence-corrected chi connectivity index (χ4v) is 10.5. The fraction of sp³-hybridized carbons (Fsp3) is 0.859. The molecular weight excluding hydrogens is 947 g/mol. The summed E-state index contributed by atoms with van der Waals surface area (Å²) in [6.07, 6.45) is 86.1. The Hall–Kier alpha value is -2.18. The monoisotopic (exact) mass is 1080 g/mol. The maximum atomic E-state index is 12.5. The summed E-state index contributed by atoms with van der Waals surface area (Å²) in [5.74, 6) is -0.0597. The van der Waals surface area contributed by atoms with Crippen molar-refractivity contribution in [1.29, 1.82) is 0 Å². The molecule has 0 aliphatic heterocycles. The molecule has 0 aromatic carbocycles. The van der Waals surface area contributed by atoms with E-state index in [9.17, 15) is 19.8 Å². The Kier molecular flexibility index (Phi) is 64.5. The standard InChI is InChI=1S/C71H133NO5/c1-3-5-7-9-11-13-15-17-19-33-37-41-45-49-53-57-61-65-71(76)77-66-62-58-54-50-46-42-38-35-32-30-28-26-24-22-20-21-23-25-27-29-31-34-36-40-44-48-52-56-60-64-70(75)72-68(67-73)69(74)63-59-55-51-47-43-39-18-16-14-12-10-8-6-4-2/h17,19-20,22,26,28,59,63,68-69,73-74H,3-16,18,21,23-25,27,29-58,60-62,64-67H2,1-2H3,(H,72,75)/b19-17-,22-20-,28-26-,63-59+. The number of hydrogen-bond donors (Lipinski definition) is 3. The molecule has 0 fully saturated rings. The van der Waals surface area contributed by atoms with E-state index >= 15 is 0 Å². The van der Waals surface area contributed by atoms with E-state index in [4.69, 9.17) is 4.74 Å². The molecule has 0 spiro atoms. The van der Waals surface area contributed by atoms with Crippen molar-refractivity contribution in [3.05, 3.63) is 48.6 Å². The third kappa shape index (κ3) is 62.9. The van der Waals surface area contributed by atoms with Gasteiger partial charge in [0.25, 0.3) is 0 Å². The highest BCUT2D eigenvalue weighted by Gasteiger charge is 2.18. The predicted octanol–water partition coefficient (Wildman–Crippen LogP) is 22.1. The third-order valence-electron chi connectivity index (χ3n) is 15.8. The zero-order valence-electron chi connectivity index (χ0n) is 51.7. The second-order valence-corrected chi connectivity index (χ2v) is 23.5. The number of unbranched alkanes of at least 4 members (excludes halogenated alkanes) is 47. The fourth-order valence-electron chi connectivity index (χ4n) is 10.5. The second kappa shape index (κ2) is 66.3. The van der Waals surface area contributed by atoms with Gasteiger partial charge in [-0.2, -0.15) is 0 Å². The summed E-state index contributed by atoms with van der Waals surface area (Å²) in [7, 11) is 0. The van der Waals surface area contributed by atoms with Gasteiger partial charge in [-0.05, 0) is 89.9 Å². The first kappa shape index (κ1) is 74.8. The normalized spacial score (nSPS) is 12.8. The first-order valence-electron chi connectivity index (χ1n) is 34.4. The molecule has 0 heterocycles. The van der Waals surface area contributed by atoms with Gasteiger partial charge >= 0.3 is 5.97 Å². The lowest BCUT2D eigenvalue weighted by Gasteiger charge is -2.20. The van der Waals surface area contributed by atoms with Crippen LogP contribution in [0.15, 0.2) is 48.6 Å². The minimum absolute atomic E-state index is 0.00837. The van der Waals surface area contributed by atoms with Gasteiger partial charge in [0.15, 0.2) is 0 Å². The number of aliphatic hydroxyl groups is 2. The van der Waals surface area contributed by atoms with Crippen LogP contribution in [0.5, 0.6) is 0 Å². The molecule has 0 radical (unpaired) electrons. The van der Waals surface area contributed by atoms with Gasteiger partial charge in [0.1, 0.15) is 0 Å². The van der Waals surface area contributed by atoms with Crippen molar-refractivity contribution in [2.75, 3.05) is 13.2 Å². The quantitative estimate of drug-likeness (QED) is 0.0320. The van der Waals surface area contributed by atoms with Crippen LogP contribution in [-0.2, 0) is 14.3 Å². The third-order valence-corrected chi connectivity index (χ3v) is 15.8. The summed E-state index contributed by atoms with van der Waals surface area (Å²) in [5, 5.41) is 23.1. The largest absolute Gasteiger partial charge is 0.466 e. The maximum absolute atomic E-state index is 12.5. The molecule has 3 N–H and O–H groups in total. The Morgan fingerprint density at radius 1 is 0.364 bits per heavy atom. The Morgan fingerprint density at radius 3 is 1.00 bits per heavy atom. The zero-order chi connectivity index (χ0) is 55.7. The smallest absolute Gasteiger partial charge is 0.305 e. The first-order chi connectivity index (χ1) is 38.0. The highest BCUT2D eigenvalue weighted by atomic mass is 16.5. The molecule has 6 heteroatoms. The summed E-state index contributed by atoms with van der Waals surface area (Å²) in [6, 6.07) is -0.629. The highest BCUT2D eigenvalue weighted by molar-refractivity contribution is 5.76. The molecule has 452 valence electrons. The number of amides is 1. The van der Waals surface area contributed by atoms with Crippen LogP contribution in [-0.4, -0.2) is 47.4 Å². The molecule has 2 unspecified atom stereocenters. The van der Waals surface area contributed by atoms with Crippen LogP contribution in [0.1, 0.15) is 367 Å². The van der Waals surface area contributed by atoms with Crippen molar-refractivity contribution in [2.45, 2.75) is 379 Å². The number of rotatable bonds is 64. The molecule has 0 saturated carbocycles. The number of nitrogens with one attached hydrogen (secondary N) is 1. The Balaban J connectivity index is 3.41. The molecule has 0 aromatic rings. The molecule has 2 atom stereocenters. The van der Waals surface area contributed by atoms with Gasteiger partial charge in [-0.1, -0.05) is 313 Å². The molecule has 0 aliphatic rings. The summed E-state index contributed by atoms with van der Waals surface area (Å²) < 4.78 is 5.49. The zero-order valence-corrected chi connectivity index (χ0v) is 51.7. The molecule has 0 aliphatic carbocycles. The SMILES string of the molecule is CCCCCCCC/C=C\CCCCCCCCCC(=O)OCCCCCCCCCCC/C=C\C/C=C\CCCCCCCCCCCCCCCC(=O)NC(CO)C(O)/C=C/CCCCCCCCCCCCCC. The lowest BCUT2D eigenvalue weighted by molar-refractivity contribution is -0.143. The average Bonchev–Trinajstić information content (AvgIpc) is 3.43. The van der Waals surface area contributed by atoms with Gasteiger partial charge in [0.05, 0.1) is 25.4 Å².